The van der Waals surface area contributed by atoms with Crippen molar-refractivity contribution in [2.24, 2.45) is 11.8 Å². The first-order valence-electron chi connectivity index (χ1n) is 30.3. The van der Waals surface area contributed by atoms with Crippen molar-refractivity contribution in [1.82, 2.24) is 0 Å². The van der Waals surface area contributed by atoms with Crippen molar-refractivity contribution in [3.63, 3.8) is 0 Å². The van der Waals surface area contributed by atoms with Gasteiger partial charge in [-0.3, -0.25) is 14.4 Å². The second-order valence-electron chi connectivity index (χ2n) is 21.7. The van der Waals surface area contributed by atoms with E-state index in [1.807, 2.05) is 0 Å². The molecule has 0 aliphatic rings. The molecular formula is C61H118O6. The monoisotopic (exact) mass is 947 g/mol. The highest BCUT2D eigenvalue weighted by Crippen LogP contribution is 2.19. The highest BCUT2D eigenvalue weighted by atomic mass is 16.6. The maximum atomic E-state index is 12.9. The van der Waals surface area contributed by atoms with E-state index in [1.165, 1.54) is 231 Å². The number of carbonyl (C=O) groups excluding carboxylic acids is 3. The lowest BCUT2D eigenvalue weighted by Crippen LogP contribution is -2.30. The average molecular weight is 948 g/mol. The Morgan fingerprint density at radius 3 is 0.851 bits per heavy atom. The zero-order chi connectivity index (χ0) is 48.9. The second kappa shape index (κ2) is 53.8. The lowest BCUT2D eigenvalue weighted by atomic mass is 9.99. The number of rotatable bonds is 55. The van der Waals surface area contributed by atoms with E-state index in [0.29, 0.717) is 19.3 Å². The predicted molar refractivity (Wildman–Crippen MR) is 289 cm³/mol. The molecule has 0 spiro atoms. The standard InChI is InChI=1S/C61H118O6/c1-6-8-9-10-11-12-13-14-15-16-20-23-26-29-32-35-41-46-51-59(62)65-54-58(55-66-60(63)52-47-42-38-37-39-44-49-56(3)4)67-61(64)53-48-43-36-33-30-27-24-21-18-17-19-22-25-28-31-34-40-45-50-57(5)7-2/h56-58H,6-55H2,1-5H3/t57?,58-/m1/s1. The van der Waals surface area contributed by atoms with Gasteiger partial charge in [-0.05, 0) is 31.1 Å². The lowest BCUT2D eigenvalue weighted by Gasteiger charge is -2.18. The summed E-state index contributed by atoms with van der Waals surface area (Å²) in [5.74, 6) is 0.829. The van der Waals surface area contributed by atoms with Gasteiger partial charge >= 0.3 is 17.9 Å². The van der Waals surface area contributed by atoms with Crippen molar-refractivity contribution in [3.05, 3.63) is 0 Å². The van der Waals surface area contributed by atoms with Gasteiger partial charge in [-0.2, -0.15) is 0 Å². The zero-order valence-electron chi connectivity index (χ0n) is 46.0. The number of unbranched alkanes of at least 4 members (excludes halogenated alkanes) is 39. The third-order valence-corrected chi connectivity index (χ3v) is 14.3. The fraction of sp³-hybridized carbons (Fsp3) is 0.951. The molecule has 0 aromatic heterocycles. The van der Waals surface area contributed by atoms with Crippen LogP contribution in [-0.2, 0) is 28.6 Å². The van der Waals surface area contributed by atoms with Gasteiger partial charge in [0.05, 0.1) is 0 Å². The van der Waals surface area contributed by atoms with Crippen LogP contribution in [0.2, 0.25) is 0 Å². The quantitative estimate of drug-likeness (QED) is 0.0343. The molecule has 0 aliphatic heterocycles. The number of ether oxygens (including phenoxy) is 3. The van der Waals surface area contributed by atoms with E-state index in [2.05, 4.69) is 34.6 Å². The predicted octanol–water partition coefficient (Wildman–Crippen LogP) is 20.0. The Hall–Kier alpha value is -1.59. The van der Waals surface area contributed by atoms with Crippen LogP contribution in [0.5, 0.6) is 0 Å². The second-order valence-corrected chi connectivity index (χ2v) is 21.7. The molecule has 6 heteroatoms. The molecule has 1 unspecified atom stereocenters. The summed E-state index contributed by atoms with van der Waals surface area (Å²) in [6.07, 6.45) is 58.3. The summed E-state index contributed by atoms with van der Waals surface area (Å²) in [5, 5.41) is 0. The third-order valence-electron chi connectivity index (χ3n) is 14.3. The Kier molecular flexibility index (Phi) is 52.5. The van der Waals surface area contributed by atoms with Gasteiger partial charge in [0, 0.05) is 19.3 Å². The van der Waals surface area contributed by atoms with E-state index in [1.54, 1.807) is 0 Å². The Morgan fingerprint density at radius 2 is 0.567 bits per heavy atom. The Bertz CT molecular complexity index is 1030. The molecule has 0 radical (unpaired) electrons. The van der Waals surface area contributed by atoms with Crippen LogP contribution in [0.25, 0.3) is 0 Å². The summed E-state index contributed by atoms with van der Waals surface area (Å²) in [5.41, 5.74) is 0. The molecule has 67 heavy (non-hydrogen) atoms. The highest BCUT2D eigenvalue weighted by Gasteiger charge is 2.19. The number of carbonyl (C=O) groups is 3. The van der Waals surface area contributed by atoms with Crippen LogP contribution in [0.15, 0.2) is 0 Å². The molecule has 2 atom stereocenters. The number of esters is 3. The highest BCUT2D eigenvalue weighted by molar-refractivity contribution is 5.71. The van der Waals surface area contributed by atoms with Crippen LogP contribution in [0.3, 0.4) is 0 Å². The van der Waals surface area contributed by atoms with E-state index in [-0.39, 0.29) is 31.1 Å². The molecule has 6 nitrogen and oxygen atoms in total. The van der Waals surface area contributed by atoms with E-state index in [0.717, 1.165) is 69.6 Å². The van der Waals surface area contributed by atoms with Gasteiger partial charge in [0.15, 0.2) is 6.10 Å². The normalized spacial score (nSPS) is 12.4. The molecule has 398 valence electrons. The van der Waals surface area contributed by atoms with Crippen molar-refractivity contribution in [2.75, 3.05) is 13.2 Å². The van der Waals surface area contributed by atoms with Crippen LogP contribution in [0.1, 0.15) is 343 Å². The molecule has 0 rings (SSSR count). The lowest BCUT2D eigenvalue weighted by molar-refractivity contribution is -0.167. The van der Waals surface area contributed by atoms with Gasteiger partial charge in [0.25, 0.3) is 0 Å². The van der Waals surface area contributed by atoms with E-state index < -0.39 is 6.10 Å². The van der Waals surface area contributed by atoms with Crippen LogP contribution in [0, 0.1) is 11.8 Å². The van der Waals surface area contributed by atoms with E-state index in [9.17, 15) is 14.4 Å². The van der Waals surface area contributed by atoms with Gasteiger partial charge in [-0.25, -0.2) is 0 Å². The number of hydrogen-bond donors (Lipinski definition) is 0. The Balaban J connectivity index is 4.18. The first-order valence-corrected chi connectivity index (χ1v) is 30.3. The molecule has 0 amide bonds. The van der Waals surface area contributed by atoms with E-state index >= 15 is 0 Å². The summed E-state index contributed by atoms with van der Waals surface area (Å²) in [4.78, 5) is 38.1. The summed E-state index contributed by atoms with van der Waals surface area (Å²) >= 11 is 0. The summed E-state index contributed by atoms with van der Waals surface area (Å²) in [7, 11) is 0. The minimum Gasteiger partial charge on any atom is -0.462 e. The minimum atomic E-state index is -0.763. The molecular weight excluding hydrogens is 829 g/mol. The van der Waals surface area contributed by atoms with Gasteiger partial charge in [0.2, 0.25) is 0 Å². The van der Waals surface area contributed by atoms with Crippen molar-refractivity contribution in [1.29, 1.82) is 0 Å². The van der Waals surface area contributed by atoms with Gasteiger partial charge < -0.3 is 14.2 Å². The number of hydrogen-bond acceptors (Lipinski definition) is 6. The smallest absolute Gasteiger partial charge is 0.306 e. The van der Waals surface area contributed by atoms with Gasteiger partial charge in [-0.15, -0.1) is 0 Å². The topological polar surface area (TPSA) is 78.9 Å². The Labute approximate surface area is 418 Å². The molecule has 0 bridgehead atoms. The molecule has 0 aromatic rings. The van der Waals surface area contributed by atoms with Gasteiger partial charge in [-0.1, -0.05) is 304 Å². The summed E-state index contributed by atoms with van der Waals surface area (Å²) in [6, 6.07) is 0. The first kappa shape index (κ1) is 65.4. The Morgan fingerprint density at radius 1 is 0.313 bits per heavy atom. The molecule has 0 aromatic carbocycles. The van der Waals surface area contributed by atoms with Crippen molar-refractivity contribution in [3.8, 4) is 0 Å². The van der Waals surface area contributed by atoms with Gasteiger partial charge in [0.1, 0.15) is 13.2 Å². The summed E-state index contributed by atoms with van der Waals surface area (Å²) in [6.45, 7) is 11.4. The fourth-order valence-corrected chi connectivity index (χ4v) is 9.37. The molecule has 0 fully saturated rings. The molecule has 0 saturated carbocycles. The maximum absolute atomic E-state index is 12.9. The molecule has 0 saturated heterocycles. The van der Waals surface area contributed by atoms with E-state index in [4.69, 9.17) is 14.2 Å². The SMILES string of the molecule is CCCCCCCCCCCCCCCCCCCCC(=O)OC[C@H](COC(=O)CCCCCCCCC(C)C)OC(=O)CCCCCCCCCCCCCCCCCCCCC(C)CC. The van der Waals surface area contributed by atoms with Crippen LogP contribution in [-0.4, -0.2) is 37.2 Å². The van der Waals surface area contributed by atoms with Crippen molar-refractivity contribution in [2.45, 2.75) is 349 Å². The molecule has 0 heterocycles. The first-order chi connectivity index (χ1) is 32.8. The van der Waals surface area contributed by atoms with Crippen LogP contribution in [0.4, 0.5) is 0 Å². The average Bonchev–Trinajstić information content (AvgIpc) is 3.31. The molecule has 0 N–H and O–H groups in total. The third kappa shape index (κ3) is 53.6. The van der Waals surface area contributed by atoms with Crippen LogP contribution >= 0.6 is 0 Å². The fourth-order valence-electron chi connectivity index (χ4n) is 9.37. The largest absolute Gasteiger partial charge is 0.462 e. The van der Waals surface area contributed by atoms with Crippen molar-refractivity contribution < 1.29 is 28.6 Å². The minimum absolute atomic E-state index is 0.0634. The zero-order valence-corrected chi connectivity index (χ0v) is 46.0. The van der Waals surface area contributed by atoms with Crippen LogP contribution < -0.4 is 0 Å². The molecule has 0 aliphatic carbocycles. The summed E-state index contributed by atoms with van der Waals surface area (Å²) < 4.78 is 16.9. The van der Waals surface area contributed by atoms with Crippen molar-refractivity contribution >= 4 is 17.9 Å². The maximum Gasteiger partial charge on any atom is 0.306 e.